The number of carboxylic acid groups (broad SMARTS) is 1. The lowest BCUT2D eigenvalue weighted by atomic mass is 10.1. The Morgan fingerprint density at radius 1 is 1.22 bits per heavy atom. The molecule has 0 atom stereocenters. The summed E-state index contributed by atoms with van der Waals surface area (Å²) in [7, 11) is 1.72. The second kappa shape index (κ2) is 7.95. The molecule has 104 valence electrons. The molecule has 1 aliphatic rings. The molecule has 0 aromatic carbocycles. The van der Waals surface area contributed by atoms with E-state index in [2.05, 4.69) is 5.32 Å². The van der Waals surface area contributed by atoms with Crippen LogP contribution in [0.5, 0.6) is 0 Å². The van der Waals surface area contributed by atoms with Gasteiger partial charge in [0.2, 0.25) is 0 Å². The molecule has 0 aromatic heterocycles. The molecular weight excluding hydrogens is 232 g/mol. The number of aliphatic carboxylic acids is 1. The molecule has 0 heterocycles. The van der Waals surface area contributed by atoms with Gasteiger partial charge in [-0.3, -0.25) is 4.79 Å². The quantitative estimate of drug-likeness (QED) is 0.741. The van der Waals surface area contributed by atoms with Gasteiger partial charge >= 0.3 is 12.0 Å². The Kier molecular flexibility index (Phi) is 6.54. The average Bonchev–Trinajstić information content (AvgIpc) is 2.57. The standard InChI is InChI=1S/C13H24N2O3/c1-15(10-6-9-12(16)17)13(18)14-11-7-4-2-3-5-8-11/h11H,2-10H2,1H3,(H,14,18)(H,16,17). The van der Waals surface area contributed by atoms with Crippen LogP contribution in [0.3, 0.4) is 0 Å². The molecule has 0 aromatic rings. The number of nitrogens with one attached hydrogen (secondary N) is 1. The van der Waals surface area contributed by atoms with Crippen LogP contribution in [0, 0.1) is 0 Å². The summed E-state index contributed by atoms with van der Waals surface area (Å²) in [4.78, 5) is 23.8. The minimum absolute atomic E-state index is 0.0766. The molecule has 0 unspecified atom stereocenters. The lowest BCUT2D eigenvalue weighted by molar-refractivity contribution is -0.137. The topological polar surface area (TPSA) is 69.6 Å². The van der Waals surface area contributed by atoms with Gasteiger partial charge in [0.15, 0.2) is 0 Å². The maximum Gasteiger partial charge on any atom is 0.317 e. The first-order chi connectivity index (χ1) is 8.59. The normalized spacial score (nSPS) is 16.9. The molecule has 5 nitrogen and oxygen atoms in total. The average molecular weight is 256 g/mol. The molecule has 5 heteroatoms. The fraction of sp³-hybridized carbons (Fsp3) is 0.846. The summed E-state index contributed by atoms with van der Waals surface area (Å²) in [5, 5.41) is 11.6. The smallest absolute Gasteiger partial charge is 0.317 e. The summed E-state index contributed by atoms with van der Waals surface area (Å²) in [5.41, 5.74) is 0. The van der Waals surface area contributed by atoms with E-state index < -0.39 is 5.97 Å². The summed E-state index contributed by atoms with van der Waals surface area (Å²) in [5.74, 6) is -0.812. The summed E-state index contributed by atoms with van der Waals surface area (Å²) in [6, 6.07) is 0.217. The largest absolute Gasteiger partial charge is 0.481 e. The molecule has 1 fully saturated rings. The number of rotatable bonds is 5. The number of carboxylic acids is 1. The maximum absolute atomic E-state index is 11.9. The van der Waals surface area contributed by atoms with Crippen molar-refractivity contribution in [1.82, 2.24) is 10.2 Å². The number of hydrogen-bond acceptors (Lipinski definition) is 2. The highest BCUT2D eigenvalue weighted by Crippen LogP contribution is 2.17. The number of nitrogens with zero attached hydrogens (tertiary/aromatic N) is 1. The molecule has 0 aliphatic heterocycles. The van der Waals surface area contributed by atoms with E-state index in [1.807, 2.05) is 0 Å². The van der Waals surface area contributed by atoms with Crippen LogP contribution in [0.15, 0.2) is 0 Å². The van der Waals surface area contributed by atoms with Crippen LogP contribution in [-0.2, 0) is 4.79 Å². The second-order valence-corrected chi connectivity index (χ2v) is 5.06. The third-order valence-corrected chi connectivity index (χ3v) is 3.41. The van der Waals surface area contributed by atoms with Crippen LogP contribution >= 0.6 is 0 Å². The molecule has 18 heavy (non-hydrogen) atoms. The van der Waals surface area contributed by atoms with Crippen LogP contribution in [0.1, 0.15) is 51.4 Å². The van der Waals surface area contributed by atoms with Crippen LogP contribution < -0.4 is 5.32 Å². The van der Waals surface area contributed by atoms with Crippen molar-refractivity contribution in [2.45, 2.75) is 57.4 Å². The summed E-state index contributed by atoms with van der Waals surface area (Å²) >= 11 is 0. The van der Waals surface area contributed by atoms with Crippen molar-refractivity contribution in [2.75, 3.05) is 13.6 Å². The van der Waals surface area contributed by atoms with Gasteiger partial charge in [-0.05, 0) is 19.3 Å². The second-order valence-electron chi connectivity index (χ2n) is 5.06. The Balaban J connectivity index is 2.23. The monoisotopic (exact) mass is 256 g/mol. The van der Waals surface area contributed by atoms with Gasteiger partial charge in [0.25, 0.3) is 0 Å². The Morgan fingerprint density at radius 3 is 2.39 bits per heavy atom. The highest BCUT2D eigenvalue weighted by Gasteiger charge is 2.16. The minimum atomic E-state index is -0.812. The first kappa shape index (κ1) is 14.8. The highest BCUT2D eigenvalue weighted by atomic mass is 16.4. The van der Waals surface area contributed by atoms with Gasteiger partial charge in [-0.1, -0.05) is 25.7 Å². The third-order valence-electron chi connectivity index (χ3n) is 3.41. The molecule has 2 N–H and O–H groups in total. The van der Waals surface area contributed by atoms with Crippen LogP contribution in [0.25, 0.3) is 0 Å². The van der Waals surface area contributed by atoms with E-state index in [0.29, 0.717) is 19.0 Å². The summed E-state index contributed by atoms with van der Waals surface area (Å²) < 4.78 is 0. The number of carbonyl (C=O) groups is 2. The van der Waals surface area contributed by atoms with E-state index in [1.54, 1.807) is 11.9 Å². The number of urea groups is 1. The molecule has 1 aliphatic carbocycles. The number of hydrogen-bond donors (Lipinski definition) is 2. The van der Waals surface area contributed by atoms with Gasteiger partial charge in [0.05, 0.1) is 0 Å². The lowest BCUT2D eigenvalue weighted by Gasteiger charge is -2.22. The SMILES string of the molecule is CN(CCCC(=O)O)C(=O)NC1CCCCCC1. The zero-order valence-electron chi connectivity index (χ0n) is 11.2. The minimum Gasteiger partial charge on any atom is -0.481 e. The third kappa shape index (κ3) is 5.89. The Bertz CT molecular complexity index is 273. The molecule has 0 spiro atoms. The van der Waals surface area contributed by atoms with E-state index >= 15 is 0 Å². The van der Waals surface area contributed by atoms with E-state index in [9.17, 15) is 9.59 Å². The van der Waals surface area contributed by atoms with Crippen molar-refractivity contribution in [3.8, 4) is 0 Å². The van der Waals surface area contributed by atoms with Gasteiger partial charge < -0.3 is 15.3 Å². The van der Waals surface area contributed by atoms with E-state index in [1.165, 1.54) is 25.7 Å². The molecule has 0 radical (unpaired) electrons. The number of carbonyl (C=O) groups excluding carboxylic acids is 1. The van der Waals surface area contributed by atoms with Gasteiger partial charge in [0, 0.05) is 26.1 Å². The number of amides is 2. The van der Waals surface area contributed by atoms with E-state index in [-0.39, 0.29) is 12.5 Å². The van der Waals surface area contributed by atoms with E-state index in [4.69, 9.17) is 5.11 Å². The Morgan fingerprint density at radius 2 is 1.83 bits per heavy atom. The fourth-order valence-electron chi connectivity index (χ4n) is 2.28. The first-order valence-electron chi connectivity index (χ1n) is 6.83. The molecule has 1 saturated carbocycles. The van der Waals surface area contributed by atoms with Crippen molar-refractivity contribution in [1.29, 1.82) is 0 Å². The van der Waals surface area contributed by atoms with Gasteiger partial charge in [-0.2, -0.15) is 0 Å². The lowest BCUT2D eigenvalue weighted by Crippen LogP contribution is -2.43. The van der Waals surface area contributed by atoms with Crippen LogP contribution in [0.2, 0.25) is 0 Å². The van der Waals surface area contributed by atoms with Gasteiger partial charge in [0.1, 0.15) is 0 Å². The molecule has 0 saturated heterocycles. The van der Waals surface area contributed by atoms with Crippen LogP contribution in [0.4, 0.5) is 4.79 Å². The molecular formula is C13H24N2O3. The molecule has 0 bridgehead atoms. The highest BCUT2D eigenvalue weighted by molar-refractivity contribution is 5.74. The summed E-state index contributed by atoms with van der Waals surface area (Å²) in [6.45, 7) is 0.491. The van der Waals surface area contributed by atoms with Crippen molar-refractivity contribution >= 4 is 12.0 Å². The van der Waals surface area contributed by atoms with Crippen molar-refractivity contribution in [2.24, 2.45) is 0 Å². The van der Waals surface area contributed by atoms with Gasteiger partial charge in [-0.15, -0.1) is 0 Å². The predicted octanol–water partition coefficient (Wildman–Crippen LogP) is 2.22. The maximum atomic E-state index is 11.9. The first-order valence-corrected chi connectivity index (χ1v) is 6.83. The summed E-state index contributed by atoms with van der Waals surface area (Å²) in [6.07, 6.45) is 7.65. The molecule has 2 amide bonds. The Labute approximate surface area is 109 Å². The zero-order valence-corrected chi connectivity index (χ0v) is 11.2. The van der Waals surface area contributed by atoms with Crippen molar-refractivity contribution in [3.63, 3.8) is 0 Å². The predicted molar refractivity (Wildman–Crippen MR) is 69.5 cm³/mol. The van der Waals surface area contributed by atoms with Gasteiger partial charge in [-0.25, -0.2) is 4.79 Å². The van der Waals surface area contributed by atoms with Crippen molar-refractivity contribution in [3.05, 3.63) is 0 Å². The van der Waals surface area contributed by atoms with Crippen LogP contribution in [-0.4, -0.2) is 41.6 Å². The van der Waals surface area contributed by atoms with E-state index in [0.717, 1.165) is 12.8 Å². The Hall–Kier alpha value is -1.26. The fourth-order valence-corrected chi connectivity index (χ4v) is 2.28. The zero-order chi connectivity index (χ0) is 13.4. The molecule has 1 rings (SSSR count). The van der Waals surface area contributed by atoms with Crippen molar-refractivity contribution < 1.29 is 14.7 Å².